The molecule has 1 aromatic carbocycles. The van der Waals surface area contributed by atoms with E-state index in [1.165, 1.54) is 6.92 Å². The van der Waals surface area contributed by atoms with Crippen LogP contribution in [-0.2, 0) is 26.1 Å². The molecule has 8 heteroatoms. The summed E-state index contributed by atoms with van der Waals surface area (Å²) in [6.07, 6.45) is 0.578. The van der Waals surface area contributed by atoms with Crippen LogP contribution in [0.2, 0.25) is 0 Å². The van der Waals surface area contributed by atoms with Crippen LogP contribution in [0.4, 0.5) is 5.88 Å². The van der Waals surface area contributed by atoms with Crippen LogP contribution < -0.4 is 5.32 Å². The molecule has 7 nitrogen and oxygen atoms in total. The number of esters is 1. The van der Waals surface area contributed by atoms with Crippen molar-refractivity contribution >= 4 is 28.6 Å². The molecule has 1 N–H and O–H groups in total. The van der Waals surface area contributed by atoms with E-state index in [4.69, 9.17) is 9.26 Å². The van der Waals surface area contributed by atoms with Crippen LogP contribution in [0.1, 0.15) is 28.5 Å². The number of carbonyl (C=O) groups excluding carboxylic acids is 2. The molecule has 0 saturated heterocycles. The second-order valence-corrected chi connectivity index (χ2v) is 6.72. The van der Waals surface area contributed by atoms with Crippen LogP contribution in [-0.4, -0.2) is 33.6 Å². The smallest absolute Gasteiger partial charge is 0.338 e. The number of hydrogen-bond acceptors (Lipinski definition) is 6. The summed E-state index contributed by atoms with van der Waals surface area (Å²) in [5.41, 5.74) is 1.69. The van der Waals surface area contributed by atoms with Crippen LogP contribution in [0.15, 0.2) is 34.9 Å². The van der Waals surface area contributed by atoms with Crippen molar-refractivity contribution in [3.63, 3.8) is 0 Å². The predicted molar refractivity (Wildman–Crippen MR) is 89.0 cm³/mol. The molecule has 0 saturated carbocycles. The zero-order chi connectivity index (χ0) is 17.7. The van der Waals surface area contributed by atoms with Gasteiger partial charge in [-0.2, -0.15) is 0 Å². The van der Waals surface area contributed by atoms with Crippen LogP contribution >= 0.6 is 0 Å². The zero-order valence-corrected chi connectivity index (χ0v) is 14.4. The van der Waals surface area contributed by atoms with Crippen LogP contribution in [0.5, 0.6) is 0 Å². The molecule has 1 heterocycles. The maximum absolute atomic E-state index is 12.1. The molecular formula is C16H18N2O5S. The Bertz CT molecular complexity index is 771. The molecule has 0 radical (unpaired) electrons. The SMILES string of the molecule is Cc1cc(NC(=O)C(C)OC(=O)c2cccc(CS(C)=O)c2)on1. The van der Waals surface area contributed by atoms with Gasteiger partial charge in [0.05, 0.1) is 11.3 Å². The van der Waals surface area contributed by atoms with Gasteiger partial charge in [-0.05, 0) is 31.5 Å². The number of rotatable bonds is 6. The van der Waals surface area contributed by atoms with Gasteiger partial charge in [0, 0.05) is 28.9 Å². The van der Waals surface area contributed by atoms with Crippen molar-refractivity contribution in [2.45, 2.75) is 25.7 Å². The standard InChI is InChI=1S/C16H18N2O5S/c1-10-7-14(23-18-10)17-15(19)11(2)22-16(20)13-6-4-5-12(8-13)9-24(3)21/h4-8,11H,9H2,1-3H3,(H,17,19). The Balaban J connectivity index is 1.97. The second kappa shape index (κ2) is 7.87. The predicted octanol–water partition coefficient (Wildman–Crippen LogP) is 2.05. The highest BCUT2D eigenvalue weighted by molar-refractivity contribution is 7.83. The Hall–Kier alpha value is -2.48. The van der Waals surface area contributed by atoms with Crippen molar-refractivity contribution < 1.29 is 23.1 Å². The summed E-state index contributed by atoms with van der Waals surface area (Å²) >= 11 is 0. The summed E-state index contributed by atoms with van der Waals surface area (Å²) in [4.78, 5) is 24.1. The number of carbonyl (C=O) groups is 2. The lowest BCUT2D eigenvalue weighted by Gasteiger charge is -2.12. The number of ether oxygens (including phenoxy) is 1. The van der Waals surface area contributed by atoms with Gasteiger partial charge in [0.15, 0.2) is 6.10 Å². The fourth-order valence-corrected chi connectivity index (χ4v) is 2.60. The molecule has 2 rings (SSSR count). The monoisotopic (exact) mass is 350 g/mol. The maximum atomic E-state index is 12.1. The van der Waals surface area contributed by atoms with E-state index < -0.39 is 28.8 Å². The van der Waals surface area contributed by atoms with Gasteiger partial charge >= 0.3 is 5.97 Å². The van der Waals surface area contributed by atoms with Gasteiger partial charge in [0.1, 0.15) is 0 Å². The first-order valence-corrected chi connectivity index (χ1v) is 8.92. The normalized spacial score (nSPS) is 13.1. The van der Waals surface area contributed by atoms with Gasteiger partial charge in [-0.3, -0.25) is 14.3 Å². The third-order valence-corrected chi connectivity index (χ3v) is 3.80. The quantitative estimate of drug-likeness (QED) is 0.801. The first-order chi connectivity index (χ1) is 11.3. The third-order valence-electron chi connectivity index (χ3n) is 3.06. The summed E-state index contributed by atoms with van der Waals surface area (Å²) in [6.45, 7) is 3.18. The number of aromatic nitrogens is 1. The van der Waals surface area contributed by atoms with E-state index in [2.05, 4.69) is 10.5 Å². The highest BCUT2D eigenvalue weighted by Crippen LogP contribution is 2.12. The number of nitrogens with one attached hydrogen (secondary N) is 1. The first kappa shape index (κ1) is 17.9. The molecule has 0 aliphatic heterocycles. The summed E-state index contributed by atoms with van der Waals surface area (Å²) in [7, 11) is -1.01. The summed E-state index contributed by atoms with van der Waals surface area (Å²) in [5, 5.41) is 6.12. The number of aryl methyl sites for hydroxylation is 1. The van der Waals surface area contributed by atoms with Crippen molar-refractivity contribution in [1.82, 2.24) is 5.16 Å². The fraction of sp³-hybridized carbons (Fsp3) is 0.312. The lowest BCUT2D eigenvalue weighted by atomic mass is 10.1. The number of amides is 1. The Labute approximate surface area is 141 Å². The van der Waals surface area contributed by atoms with Crippen molar-refractivity contribution in [2.75, 3.05) is 11.6 Å². The van der Waals surface area contributed by atoms with Gasteiger partial charge in [-0.15, -0.1) is 0 Å². The zero-order valence-electron chi connectivity index (χ0n) is 13.6. The van der Waals surface area contributed by atoms with Crippen LogP contribution in [0.25, 0.3) is 0 Å². The lowest BCUT2D eigenvalue weighted by molar-refractivity contribution is -0.123. The van der Waals surface area contributed by atoms with Gasteiger partial charge in [0.25, 0.3) is 5.91 Å². The topological polar surface area (TPSA) is 98.5 Å². The summed E-state index contributed by atoms with van der Waals surface area (Å²) in [5.74, 6) is -0.615. The van der Waals surface area contributed by atoms with E-state index in [-0.39, 0.29) is 5.88 Å². The van der Waals surface area contributed by atoms with Crippen molar-refractivity contribution in [1.29, 1.82) is 0 Å². The summed E-state index contributed by atoms with van der Waals surface area (Å²) < 4.78 is 21.3. The van der Waals surface area contributed by atoms with Gasteiger partial charge in [-0.1, -0.05) is 17.3 Å². The second-order valence-electron chi connectivity index (χ2n) is 5.29. The molecule has 2 aromatic rings. The van der Waals surface area contributed by atoms with Gasteiger partial charge in [0.2, 0.25) is 5.88 Å². The molecule has 0 fully saturated rings. The van der Waals surface area contributed by atoms with E-state index in [0.717, 1.165) is 5.56 Å². The van der Waals surface area contributed by atoms with Gasteiger partial charge < -0.3 is 9.26 Å². The van der Waals surface area contributed by atoms with E-state index in [0.29, 0.717) is 17.0 Å². The van der Waals surface area contributed by atoms with Crippen molar-refractivity contribution in [2.24, 2.45) is 0 Å². The molecule has 128 valence electrons. The molecule has 0 spiro atoms. The number of anilines is 1. The molecule has 0 bridgehead atoms. The highest BCUT2D eigenvalue weighted by atomic mass is 32.2. The highest BCUT2D eigenvalue weighted by Gasteiger charge is 2.20. The fourth-order valence-electron chi connectivity index (χ4n) is 1.95. The maximum Gasteiger partial charge on any atom is 0.338 e. The minimum atomic E-state index is -1.01. The Morgan fingerprint density at radius 2 is 2.12 bits per heavy atom. The molecule has 0 aliphatic rings. The molecule has 1 amide bonds. The minimum Gasteiger partial charge on any atom is -0.449 e. The first-order valence-electron chi connectivity index (χ1n) is 7.19. The Morgan fingerprint density at radius 1 is 1.38 bits per heavy atom. The van der Waals surface area contributed by atoms with Crippen LogP contribution in [0, 0.1) is 6.92 Å². The lowest BCUT2D eigenvalue weighted by Crippen LogP contribution is -2.29. The van der Waals surface area contributed by atoms with E-state index in [9.17, 15) is 13.8 Å². The average molecular weight is 350 g/mol. The largest absolute Gasteiger partial charge is 0.449 e. The minimum absolute atomic E-state index is 0.188. The van der Waals surface area contributed by atoms with Crippen LogP contribution in [0.3, 0.4) is 0 Å². The van der Waals surface area contributed by atoms with E-state index in [1.807, 2.05) is 0 Å². The number of benzene rings is 1. The summed E-state index contributed by atoms with van der Waals surface area (Å²) in [6, 6.07) is 8.20. The average Bonchev–Trinajstić information content (AvgIpc) is 2.91. The molecular weight excluding hydrogens is 332 g/mol. The van der Waals surface area contributed by atoms with Crippen molar-refractivity contribution in [3.8, 4) is 0 Å². The molecule has 0 aliphatic carbocycles. The van der Waals surface area contributed by atoms with Gasteiger partial charge in [-0.25, -0.2) is 4.79 Å². The van der Waals surface area contributed by atoms with E-state index in [1.54, 1.807) is 43.5 Å². The Morgan fingerprint density at radius 3 is 2.75 bits per heavy atom. The molecule has 1 aromatic heterocycles. The van der Waals surface area contributed by atoms with E-state index >= 15 is 0 Å². The number of hydrogen-bond donors (Lipinski definition) is 1. The molecule has 2 atom stereocenters. The van der Waals surface area contributed by atoms with Crippen molar-refractivity contribution in [3.05, 3.63) is 47.2 Å². The molecule has 2 unspecified atom stereocenters. The molecule has 24 heavy (non-hydrogen) atoms. The third kappa shape index (κ3) is 5.02. The Kier molecular flexibility index (Phi) is 5.86. The number of nitrogens with zero attached hydrogens (tertiary/aromatic N) is 1.